The fourth-order valence-electron chi connectivity index (χ4n) is 3.17. The van der Waals surface area contributed by atoms with Gasteiger partial charge in [-0.1, -0.05) is 30.4 Å². The van der Waals surface area contributed by atoms with Gasteiger partial charge in [-0.05, 0) is 24.3 Å². The molecule has 1 aliphatic rings. The molecule has 0 aliphatic carbocycles. The van der Waals surface area contributed by atoms with E-state index < -0.39 is 11.6 Å². The van der Waals surface area contributed by atoms with Crippen molar-refractivity contribution < 1.29 is 13.5 Å². The van der Waals surface area contributed by atoms with E-state index in [2.05, 4.69) is 11.5 Å². The second-order valence-corrected chi connectivity index (χ2v) is 6.50. The summed E-state index contributed by atoms with van der Waals surface area (Å²) >= 11 is 5.26. The Morgan fingerprint density at radius 3 is 2.88 bits per heavy atom. The summed E-state index contributed by atoms with van der Waals surface area (Å²) in [7, 11) is 1.76. The third-order valence-electron chi connectivity index (χ3n) is 4.36. The lowest BCUT2D eigenvalue weighted by atomic mass is 9.88. The number of ether oxygens (including phenoxy) is 1. The van der Waals surface area contributed by atoms with Crippen LogP contribution in [0.3, 0.4) is 0 Å². The maximum absolute atomic E-state index is 14.0. The molecular formula is C19H17F2N3OS. The van der Waals surface area contributed by atoms with Crippen LogP contribution >= 0.6 is 12.2 Å². The van der Waals surface area contributed by atoms with Gasteiger partial charge < -0.3 is 10.2 Å². The van der Waals surface area contributed by atoms with E-state index in [1.807, 2.05) is 24.3 Å². The van der Waals surface area contributed by atoms with Crippen molar-refractivity contribution in [2.45, 2.75) is 12.5 Å². The van der Waals surface area contributed by atoms with E-state index in [0.29, 0.717) is 13.0 Å². The second kappa shape index (κ2) is 7.77. The topological polar surface area (TPSA) is 48.3 Å². The van der Waals surface area contributed by atoms with E-state index in [-0.39, 0.29) is 22.5 Å². The molecule has 0 spiro atoms. The van der Waals surface area contributed by atoms with Gasteiger partial charge in [-0.15, -0.1) is 0 Å². The van der Waals surface area contributed by atoms with E-state index in [1.165, 1.54) is 0 Å². The number of hydrazine groups is 1. The molecule has 3 rings (SSSR count). The molecule has 2 unspecified atom stereocenters. The van der Waals surface area contributed by atoms with Crippen LogP contribution in [0.25, 0.3) is 0 Å². The molecule has 26 heavy (non-hydrogen) atoms. The van der Waals surface area contributed by atoms with Gasteiger partial charge in [0.1, 0.15) is 22.4 Å². The zero-order valence-corrected chi connectivity index (χ0v) is 14.9. The highest BCUT2D eigenvalue weighted by Crippen LogP contribution is 2.39. The predicted molar refractivity (Wildman–Crippen MR) is 97.4 cm³/mol. The van der Waals surface area contributed by atoms with E-state index in [0.717, 1.165) is 29.5 Å². The van der Waals surface area contributed by atoms with Gasteiger partial charge in [0.05, 0.1) is 18.7 Å². The number of rotatable bonds is 4. The molecule has 0 saturated carbocycles. The Bertz CT molecular complexity index is 868. The molecule has 1 heterocycles. The van der Waals surface area contributed by atoms with Crippen LogP contribution in [0, 0.1) is 28.9 Å². The zero-order valence-electron chi connectivity index (χ0n) is 14.1. The predicted octanol–water partition coefficient (Wildman–Crippen LogP) is 3.74. The van der Waals surface area contributed by atoms with Crippen LogP contribution in [0.1, 0.15) is 23.6 Å². The fraction of sp³-hybridized carbons (Fsp3) is 0.263. The highest BCUT2D eigenvalue weighted by Gasteiger charge is 2.34. The van der Waals surface area contributed by atoms with Crippen LogP contribution in [0.15, 0.2) is 42.5 Å². The average molecular weight is 373 g/mol. The van der Waals surface area contributed by atoms with Crippen molar-refractivity contribution in [1.82, 2.24) is 10.4 Å². The Balaban J connectivity index is 1.87. The number of hydrogen-bond donors (Lipinski definition) is 1. The quantitative estimate of drug-likeness (QED) is 0.654. The van der Waals surface area contributed by atoms with Gasteiger partial charge in [-0.2, -0.15) is 5.26 Å². The number of nitrogens with zero attached hydrogens (tertiary/aromatic N) is 2. The van der Waals surface area contributed by atoms with Crippen LogP contribution in [0.4, 0.5) is 8.78 Å². The van der Waals surface area contributed by atoms with Gasteiger partial charge in [0.2, 0.25) is 0 Å². The van der Waals surface area contributed by atoms with Crippen LogP contribution < -0.4 is 10.2 Å². The SMILES string of the molecule is CN(NC(=S)c1cc(F)ccc1F)C1c2ccccc2OCC1CC#N. The van der Waals surface area contributed by atoms with E-state index >= 15 is 0 Å². The Morgan fingerprint density at radius 2 is 2.12 bits per heavy atom. The number of nitrogens with one attached hydrogen (secondary N) is 1. The number of hydrogen-bond acceptors (Lipinski definition) is 4. The van der Waals surface area contributed by atoms with Gasteiger partial charge >= 0.3 is 0 Å². The van der Waals surface area contributed by atoms with Crippen LogP contribution in [0.2, 0.25) is 0 Å². The summed E-state index contributed by atoms with van der Waals surface area (Å²) in [6.07, 6.45) is 0.298. The van der Waals surface area contributed by atoms with Crippen molar-refractivity contribution in [3.63, 3.8) is 0 Å². The molecule has 0 saturated heterocycles. The summed E-state index contributed by atoms with van der Waals surface area (Å²) < 4.78 is 33.2. The first-order valence-corrected chi connectivity index (χ1v) is 8.49. The third kappa shape index (κ3) is 3.66. The number of para-hydroxylation sites is 1. The Morgan fingerprint density at radius 1 is 1.35 bits per heavy atom. The summed E-state index contributed by atoms with van der Waals surface area (Å²) in [6, 6.07) is 12.7. The Labute approximate surface area is 156 Å². The van der Waals surface area contributed by atoms with Gasteiger partial charge in [0, 0.05) is 30.5 Å². The lowest BCUT2D eigenvalue weighted by Crippen LogP contribution is -2.46. The number of benzene rings is 2. The van der Waals surface area contributed by atoms with Gasteiger partial charge in [-0.3, -0.25) is 0 Å². The maximum atomic E-state index is 14.0. The lowest BCUT2D eigenvalue weighted by Gasteiger charge is -2.38. The van der Waals surface area contributed by atoms with Crippen molar-refractivity contribution >= 4 is 17.2 Å². The highest BCUT2D eigenvalue weighted by atomic mass is 32.1. The maximum Gasteiger partial charge on any atom is 0.133 e. The Kier molecular flexibility index (Phi) is 5.45. The third-order valence-corrected chi connectivity index (χ3v) is 4.67. The van der Waals surface area contributed by atoms with Crippen molar-refractivity contribution in [3.8, 4) is 11.8 Å². The molecule has 2 atom stereocenters. The van der Waals surface area contributed by atoms with Gasteiger partial charge in [-0.25, -0.2) is 13.8 Å². The fourth-order valence-corrected chi connectivity index (χ4v) is 3.47. The standard InChI is InChI=1S/C19H17F2N3OS/c1-24(23-19(26)15-10-13(20)6-7-16(15)21)18-12(8-9-22)11-25-17-5-3-2-4-14(17)18/h2-7,10,12,18H,8,11H2,1H3,(H,23,26). The molecule has 1 N–H and O–H groups in total. The normalized spacial score (nSPS) is 18.6. The number of nitriles is 1. The largest absolute Gasteiger partial charge is 0.493 e. The molecule has 7 heteroatoms. The molecule has 2 aromatic carbocycles. The molecule has 4 nitrogen and oxygen atoms in total. The van der Waals surface area contributed by atoms with Crippen molar-refractivity contribution in [2.75, 3.05) is 13.7 Å². The number of thiocarbonyl (C=S) groups is 1. The smallest absolute Gasteiger partial charge is 0.133 e. The van der Waals surface area contributed by atoms with Gasteiger partial charge in [0.25, 0.3) is 0 Å². The summed E-state index contributed by atoms with van der Waals surface area (Å²) in [5, 5.41) is 10.9. The summed E-state index contributed by atoms with van der Waals surface area (Å²) in [6.45, 7) is 0.391. The zero-order chi connectivity index (χ0) is 18.7. The van der Waals surface area contributed by atoms with Crippen molar-refractivity contribution in [3.05, 3.63) is 65.2 Å². The molecular weight excluding hydrogens is 356 g/mol. The van der Waals surface area contributed by atoms with Crippen molar-refractivity contribution in [1.29, 1.82) is 5.26 Å². The molecule has 0 amide bonds. The molecule has 0 fully saturated rings. The highest BCUT2D eigenvalue weighted by molar-refractivity contribution is 7.80. The average Bonchev–Trinajstić information content (AvgIpc) is 2.63. The van der Waals surface area contributed by atoms with E-state index in [1.54, 1.807) is 12.1 Å². The molecule has 1 aliphatic heterocycles. The first-order chi connectivity index (χ1) is 12.5. The van der Waals surface area contributed by atoms with Crippen molar-refractivity contribution in [2.24, 2.45) is 5.92 Å². The minimum absolute atomic E-state index is 0.0102. The molecule has 134 valence electrons. The molecule has 0 aromatic heterocycles. The summed E-state index contributed by atoms with van der Waals surface area (Å²) in [4.78, 5) is 0.0733. The van der Waals surface area contributed by atoms with Crippen LogP contribution in [-0.4, -0.2) is 23.7 Å². The van der Waals surface area contributed by atoms with Crippen LogP contribution in [-0.2, 0) is 0 Å². The number of halogens is 2. The Hall–Kier alpha value is -2.56. The first kappa shape index (κ1) is 18.2. The van der Waals surface area contributed by atoms with Gasteiger partial charge in [0.15, 0.2) is 0 Å². The minimum Gasteiger partial charge on any atom is -0.493 e. The molecule has 2 aromatic rings. The van der Waals surface area contributed by atoms with E-state index in [9.17, 15) is 8.78 Å². The molecule has 0 radical (unpaired) electrons. The van der Waals surface area contributed by atoms with Crippen LogP contribution in [0.5, 0.6) is 5.75 Å². The monoisotopic (exact) mass is 373 g/mol. The summed E-state index contributed by atoms with van der Waals surface area (Å²) in [5.74, 6) is -0.513. The lowest BCUT2D eigenvalue weighted by molar-refractivity contribution is 0.0851. The second-order valence-electron chi connectivity index (χ2n) is 6.09. The van der Waals surface area contributed by atoms with E-state index in [4.69, 9.17) is 22.2 Å². The summed E-state index contributed by atoms with van der Waals surface area (Å²) in [5.41, 5.74) is 3.86. The number of fused-ring (bicyclic) bond motifs is 1. The molecule has 0 bridgehead atoms. The first-order valence-electron chi connectivity index (χ1n) is 8.08. The minimum atomic E-state index is -0.599.